The monoisotopic (exact) mass is 439 g/mol. The van der Waals surface area contributed by atoms with Crippen LogP contribution in [0.1, 0.15) is 29.1 Å². The predicted molar refractivity (Wildman–Crippen MR) is 105 cm³/mol. The van der Waals surface area contributed by atoms with E-state index in [0.29, 0.717) is 11.3 Å². The Labute approximate surface area is 198 Å². The van der Waals surface area contributed by atoms with E-state index < -0.39 is 34.1 Å². The zero-order valence-electron chi connectivity index (χ0n) is 16.5. The number of amides is 2. The Morgan fingerprint density at radius 3 is 2.52 bits per heavy atom. The first-order chi connectivity index (χ1) is 13.2. The van der Waals surface area contributed by atoms with Gasteiger partial charge in [-0.2, -0.15) is 4.37 Å². The third kappa shape index (κ3) is 3.63. The molecule has 0 saturated carbocycles. The van der Waals surface area contributed by atoms with Crippen LogP contribution in [-0.4, -0.2) is 49.3 Å². The largest absolute Gasteiger partial charge is 1.00 e. The van der Waals surface area contributed by atoms with E-state index >= 15 is 0 Å². The van der Waals surface area contributed by atoms with E-state index in [1.165, 1.54) is 28.2 Å². The second kappa shape index (κ2) is 8.03. The number of carboxylic acids is 1. The van der Waals surface area contributed by atoms with Crippen molar-refractivity contribution in [2.24, 2.45) is 0 Å². The number of hydrogen-bond donors (Lipinski definition) is 1. The van der Waals surface area contributed by atoms with Crippen LogP contribution < -0.4 is 40.0 Å². The average molecular weight is 439 g/mol. The van der Waals surface area contributed by atoms with Crippen molar-refractivity contribution in [2.45, 2.75) is 43.0 Å². The molecule has 2 amide bonds. The van der Waals surface area contributed by atoms with Crippen molar-refractivity contribution in [2.75, 3.05) is 0 Å². The van der Waals surface area contributed by atoms with Crippen molar-refractivity contribution in [3.05, 3.63) is 40.8 Å². The number of benzene rings is 1. The molecule has 0 aliphatic carbocycles. The molecule has 3 atom stereocenters. The van der Waals surface area contributed by atoms with Gasteiger partial charge in [0.25, 0.3) is 5.91 Å². The fourth-order valence-electron chi connectivity index (χ4n) is 3.77. The molecule has 29 heavy (non-hydrogen) atoms. The molecule has 2 saturated heterocycles. The maximum atomic E-state index is 13.0. The van der Waals surface area contributed by atoms with E-state index in [4.69, 9.17) is 0 Å². The van der Waals surface area contributed by atoms with Crippen molar-refractivity contribution in [3.8, 4) is 11.3 Å². The van der Waals surface area contributed by atoms with Crippen LogP contribution in [0.5, 0.6) is 0 Å². The molecule has 0 spiro atoms. The number of hydrogen-bond acceptors (Lipinski definition) is 7. The first kappa shape index (κ1) is 22.3. The minimum Gasteiger partial charge on any atom is -0.548 e. The normalized spacial score (nSPS) is 24.3. The van der Waals surface area contributed by atoms with Gasteiger partial charge in [0, 0.05) is 15.2 Å². The summed E-state index contributed by atoms with van der Waals surface area (Å²) in [5.74, 6) is -2.05. The van der Waals surface area contributed by atoms with Crippen LogP contribution in [-0.2, 0) is 9.59 Å². The van der Waals surface area contributed by atoms with Gasteiger partial charge >= 0.3 is 29.6 Å². The minimum absolute atomic E-state index is 0. The molecule has 10 heteroatoms. The molecule has 4 rings (SSSR count). The zero-order valence-corrected chi connectivity index (χ0v) is 20.1. The second-order valence-electron chi connectivity index (χ2n) is 7.36. The van der Waals surface area contributed by atoms with Crippen molar-refractivity contribution < 1.29 is 49.0 Å². The number of nitrogens with one attached hydrogen (secondary N) is 1. The number of thioether (sulfide) groups is 1. The Balaban J connectivity index is 0.00000240. The van der Waals surface area contributed by atoms with E-state index in [1.54, 1.807) is 13.8 Å². The molecule has 3 heterocycles. The number of aromatic nitrogens is 1. The predicted octanol–water partition coefficient (Wildman–Crippen LogP) is -1.97. The topological polar surface area (TPSA) is 102 Å². The van der Waals surface area contributed by atoms with Crippen LogP contribution in [0.15, 0.2) is 30.3 Å². The van der Waals surface area contributed by atoms with Gasteiger partial charge in [0.15, 0.2) is 0 Å². The molecule has 1 unspecified atom stereocenters. The first-order valence-corrected chi connectivity index (χ1v) is 10.4. The fraction of sp³-hybridized carbons (Fsp3) is 0.368. The summed E-state index contributed by atoms with van der Waals surface area (Å²) in [7, 11) is 0. The molecule has 0 radical (unpaired) electrons. The van der Waals surface area contributed by atoms with Crippen LogP contribution in [0, 0.1) is 6.92 Å². The summed E-state index contributed by atoms with van der Waals surface area (Å²) in [4.78, 5) is 39.1. The molecule has 0 bridgehead atoms. The summed E-state index contributed by atoms with van der Waals surface area (Å²) in [5, 5.41) is 13.9. The third-order valence-electron chi connectivity index (χ3n) is 5.09. The Morgan fingerprint density at radius 2 is 1.90 bits per heavy atom. The van der Waals surface area contributed by atoms with Crippen molar-refractivity contribution in [3.63, 3.8) is 0 Å². The quantitative estimate of drug-likeness (QED) is 0.438. The second-order valence-corrected chi connectivity index (χ2v) is 10.1. The van der Waals surface area contributed by atoms with Gasteiger partial charge < -0.3 is 20.1 Å². The summed E-state index contributed by atoms with van der Waals surface area (Å²) in [5.41, 5.74) is 1.85. The number of carboxylic acid groups (broad SMARTS) is 1. The van der Waals surface area contributed by atoms with Crippen LogP contribution in [0.2, 0.25) is 0 Å². The maximum Gasteiger partial charge on any atom is 1.00 e. The molecular weight excluding hydrogens is 421 g/mol. The van der Waals surface area contributed by atoms with Gasteiger partial charge in [-0.3, -0.25) is 9.59 Å². The van der Waals surface area contributed by atoms with Gasteiger partial charge in [-0.05, 0) is 32.3 Å². The number of rotatable bonds is 4. The zero-order chi connectivity index (χ0) is 20.2. The van der Waals surface area contributed by atoms with Gasteiger partial charge in [0.2, 0.25) is 5.91 Å². The van der Waals surface area contributed by atoms with Gasteiger partial charge in [-0.15, -0.1) is 11.8 Å². The number of carbonyl (C=O) groups is 3. The smallest absolute Gasteiger partial charge is 0.548 e. The molecule has 146 valence electrons. The van der Waals surface area contributed by atoms with Gasteiger partial charge in [-0.25, -0.2) is 0 Å². The van der Waals surface area contributed by atoms with Gasteiger partial charge in [0.05, 0.1) is 23.3 Å². The summed E-state index contributed by atoms with van der Waals surface area (Å²) in [6, 6.07) is 7.61. The molecular formula is C19H18N3NaO4S2. The van der Waals surface area contributed by atoms with Crippen molar-refractivity contribution >= 4 is 41.1 Å². The number of carbonyl (C=O) groups excluding carboxylic acids is 3. The molecule has 7 nitrogen and oxygen atoms in total. The number of nitrogens with zero attached hydrogens (tertiary/aromatic N) is 2. The van der Waals surface area contributed by atoms with E-state index in [2.05, 4.69) is 9.69 Å². The van der Waals surface area contributed by atoms with Crippen LogP contribution in [0.4, 0.5) is 0 Å². The number of aryl methyl sites for hydroxylation is 1. The number of fused-ring (bicyclic) bond motifs is 1. The molecule has 1 aromatic heterocycles. The Hall–Kier alpha value is -1.39. The third-order valence-corrected chi connectivity index (χ3v) is 7.41. The molecule has 2 aliphatic rings. The SMILES string of the molecule is Cc1snc(-c2ccccc2)c1C(=O)NC1C(=O)N2[C@@H]1SC(C)(C)[C@@H]2C(=O)[O-].[Na+]. The fourth-order valence-corrected chi connectivity index (χ4v) is 6.10. The van der Waals surface area contributed by atoms with E-state index in [-0.39, 0.29) is 35.5 Å². The summed E-state index contributed by atoms with van der Waals surface area (Å²) >= 11 is 2.60. The summed E-state index contributed by atoms with van der Waals surface area (Å²) < 4.78 is 3.71. The van der Waals surface area contributed by atoms with Crippen LogP contribution >= 0.6 is 23.3 Å². The molecule has 2 aromatic rings. The Kier molecular flexibility index (Phi) is 6.18. The molecule has 2 aliphatic heterocycles. The van der Waals surface area contributed by atoms with Crippen molar-refractivity contribution in [1.29, 1.82) is 0 Å². The van der Waals surface area contributed by atoms with Gasteiger partial charge in [-0.1, -0.05) is 30.3 Å². The number of aliphatic carboxylic acids is 1. The standard InChI is InChI=1S/C19H19N3O4S2.Na/c1-9-11(12(21-28-9)10-7-5-4-6-8-10)15(23)20-13-16(24)22-14(18(25)26)19(2,3)27-17(13)22;/h4-8,13-14,17H,1-3H3,(H,20,23)(H,25,26);/q;+1/p-1/t13?,14-,17+;/m0./s1. The summed E-state index contributed by atoms with van der Waals surface area (Å²) in [6.45, 7) is 5.35. The molecule has 1 N–H and O–H groups in total. The van der Waals surface area contributed by atoms with Crippen LogP contribution in [0.3, 0.4) is 0 Å². The summed E-state index contributed by atoms with van der Waals surface area (Å²) in [6.07, 6.45) is 0. The Bertz CT molecular complexity index is 979. The maximum absolute atomic E-state index is 13.0. The number of β-lactam (4-membered cyclic amide) rings is 1. The van der Waals surface area contributed by atoms with Gasteiger partial charge in [0.1, 0.15) is 11.4 Å². The average Bonchev–Trinajstić information content (AvgIpc) is 3.15. The van der Waals surface area contributed by atoms with E-state index in [1.807, 2.05) is 37.3 Å². The van der Waals surface area contributed by atoms with E-state index in [0.717, 1.165) is 10.4 Å². The Morgan fingerprint density at radius 1 is 1.24 bits per heavy atom. The first-order valence-electron chi connectivity index (χ1n) is 8.76. The molecule has 1 aromatic carbocycles. The molecule has 2 fully saturated rings. The van der Waals surface area contributed by atoms with Crippen LogP contribution in [0.25, 0.3) is 11.3 Å². The minimum atomic E-state index is -1.28. The van der Waals surface area contributed by atoms with E-state index in [9.17, 15) is 19.5 Å². The van der Waals surface area contributed by atoms with Crippen molar-refractivity contribution in [1.82, 2.24) is 14.6 Å².